The second-order valence-electron chi connectivity index (χ2n) is 4.95. The molecular formula is C17H18N2S. The second kappa shape index (κ2) is 6.16. The molecule has 0 spiro atoms. The van der Waals surface area contributed by atoms with E-state index in [2.05, 4.69) is 59.0 Å². The van der Waals surface area contributed by atoms with Gasteiger partial charge in [-0.05, 0) is 42.5 Å². The van der Waals surface area contributed by atoms with Gasteiger partial charge in [-0.25, -0.2) is 0 Å². The smallest absolute Gasteiger partial charge is 0.0708 e. The molecule has 1 aromatic carbocycles. The Kier molecular flexibility index (Phi) is 4.09. The monoisotopic (exact) mass is 282 g/mol. The van der Waals surface area contributed by atoms with Crippen LogP contribution >= 0.6 is 11.3 Å². The molecule has 1 N–H and O–H groups in total. The number of pyridine rings is 1. The van der Waals surface area contributed by atoms with Gasteiger partial charge in [0.15, 0.2) is 0 Å². The number of hydrogen-bond donors (Lipinski definition) is 1. The number of rotatable bonds is 5. The minimum Gasteiger partial charge on any atom is -0.312 e. The molecule has 3 aromatic rings. The highest BCUT2D eigenvalue weighted by Gasteiger charge is 2.03. The summed E-state index contributed by atoms with van der Waals surface area (Å²) in [5, 5.41) is 6.92. The lowest BCUT2D eigenvalue weighted by atomic mass is 10.1. The SMILES string of the molecule is Cc1cc(CNCCc2cccs2)c2ccccc2n1. The van der Waals surface area contributed by atoms with E-state index >= 15 is 0 Å². The van der Waals surface area contributed by atoms with Crippen LogP contribution in [0.15, 0.2) is 47.8 Å². The van der Waals surface area contributed by atoms with Crippen LogP contribution in [0.1, 0.15) is 16.1 Å². The Bertz CT molecular complexity index is 689. The number of fused-ring (bicyclic) bond motifs is 1. The van der Waals surface area contributed by atoms with E-state index in [1.54, 1.807) is 0 Å². The molecule has 2 nitrogen and oxygen atoms in total. The third kappa shape index (κ3) is 3.06. The van der Waals surface area contributed by atoms with Crippen molar-refractivity contribution in [2.75, 3.05) is 6.54 Å². The molecular weight excluding hydrogens is 264 g/mol. The first-order valence-corrected chi connectivity index (χ1v) is 7.79. The van der Waals surface area contributed by atoms with Crippen LogP contribution in [0.4, 0.5) is 0 Å². The minimum atomic E-state index is 0.898. The van der Waals surface area contributed by atoms with Crippen LogP contribution in [0.2, 0.25) is 0 Å². The Hall–Kier alpha value is -1.71. The van der Waals surface area contributed by atoms with Crippen LogP contribution in [-0.4, -0.2) is 11.5 Å². The summed E-state index contributed by atoms with van der Waals surface area (Å²) < 4.78 is 0. The van der Waals surface area contributed by atoms with E-state index in [1.165, 1.54) is 15.8 Å². The van der Waals surface area contributed by atoms with Crippen LogP contribution < -0.4 is 5.32 Å². The lowest BCUT2D eigenvalue weighted by Crippen LogP contribution is -2.16. The Morgan fingerprint density at radius 1 is 1.15 bits per heavy atom. The van der Waals surface area contributed by atoms with Crippen LogP contribution in [-0.2, 0) is 13.0 Å². The molecule has 0 atom stereocenters. The normalized spacial score (nSPS) is 11.1. The van der Waals surface area contributed by atoms with Crippen LogP contribution in [0.5, 0.6) is 0 Å². The maximum Gasteiger partial charge on any atom is 0.0708 e. The van der Waals surface area contributed by atoms with Crippen molar-refractivity contribution in [3.8, 4) is 0 Å². The molecule has 20 heavy (non-hydrogen) atoms. The van der Waals surface area contributed by atoms with E-state index in [1.807, 2.05) is 17.4 Å². The number of hydrogen-bond acceptors (Lipinski definition) is 3. The molecule has 0 saturated carbocycles. The van der Waals surface area contributed by atoms with E-state index in [4.69, 9.17) is 0 Å². The van der Waals surface area contributed by atoms with Crippen molar-refractivity contribution in [2.45, 2.75) is 19.9 Å². The Labute approximate surface area is 123 Å². The summed E-state index contributed by atoms with van der Waals surface area (Å²) in [7, 11) is 0. The molecule has 3 heteroatoms. The molecule has 0 fully saturated rings. The standard InChI is InChI=1S/C17H18N2S/c1-13-11-14(16-6-2-3-7-17(16)19-13)12-18-9-8-15-5-4-10-20-15/h2-7,10-11,18H,8-9,12H2,1H3. The highest BCUT2D eigenvalue weighted by Crippen LogP contribution is 2.18. The molecule has 3 rings (SSSR count). The van der Waals surface area contributed by atoms with E-state index < -0.39 is 0 Å². The summed E-state index contributed by atoms with van der Waals surface area (Å²) >= 11 is 1.82. The summed E-state index contributed by atoms with van der Waals surface area (Å²) in [6.07, 6.45) is 1.10. The van der Waals surface area contributed by atoms with Gasteiger partial charge in [0.2, 0.25) is 0 Å². The molecule has 0 unspecified atom stereocenters. The summed E-state index contributed by atoms with van der Waals surface area (Å²) in [6.45, 7) is 3.97. The zero-order valence-electron chi connectivity index (χ0n) is 11.6. The first-order chi connectivity index (χ1) is 9.83. The summed E-state index contributed by atoms with van der Waals surface area (Å²) in [4.78, 5) is 6.02. The van der Waals surface area contributed by atoms with Gasteiger partial charge in [-0.2, -0.15) is 0 Å². The Balaban J connectivity index is 1.68. The number of aryl methyl sites for hydroxylation is 1. The minimum absolute atomic E-state index is 0.898. The Morgan fingerprint density at radius 3 is 2.90 bits per heavy atom. The van der Waals surface area contributed by atoms with Gasteiger partial charge in [0.1, 0.15) is 0 Å². The number of para-hydroxylation sites is 1. The van der Waals surface area contributed by atoms with Crippen molar-refractivity contribution in [1.82, 2.24) is 10.3 Å². The van der Waals surface area contributed by atoms with Crippen molar-refractivity contribution >= 4 is 22.2 Å². The van der Waals surface area contributed by atoms with Crippen LogP contribution in [0, 0.1) is 6.92 Å². The fourth-order valence-corrected chi connectivity index (χ4v) is 3.14. The van der Waals surface area contributed by atoms with Gasteiger partial charge in [0, 0.05) is 29.0 Å². The average Bonchev–Trinajstić information content (AvgIpc) is 2.96. The largest absolute Gasteiger partial charge is 0.312 e. The number of nitrogens with zero attached hydrogens (tertiary/aromatic N) is 1. The molecule has 2 aromatic heterocycles. The zero-order chi connectivity index (χ0) is 13.8. The predicted molar refractivity (Wildman–Crippen MR) is 86.2 cm³/mol. The van der Waals surface area contributed by atoms with Crippen molar-refractivity contribution in [1.29, 1.82) is 0 Å². The Morgan fingerprint density at radius 2 is 2.05 bits per heavy atom. The number of benzene rings is 1. The van der Waals surface area contributed by atoms with Crippen molar-refractivity contribution in [3.05, 3.63) is 64.0 Å². The summed E-state index contributed by atoms with van der Waals surface area (Å²) in [5.41, 5.74) is 3.50. The number of aromatic nitrogens is 1. The van der Waals surface area contributed by atoms with E-state index in [0.717, 1.165) is 30.7 Å². The van der Waals surface area contributed by atoms with Crippen molar-refractivity contribution < 1.29 is 0 Å². The quantitative estimate of drug-likeness (QED) is 0.717. The van der Waals surface area contributed by atoms with E-state index in [-0.39, 0.29) is 0 Å². The van der Waals surface area contributed by atoms with Gasteiger partial charge >= 0.3 is 0 Å². The predicted octanol–water partition coefficient (Wildman–Crippen LogP) is 3.94. The van der Waals surface area contributed by atoms with E-state index in [0.29, 0.717) is 0 Å². The molecule has 0 saturated heterocycles. The van der Waals surface area contributed by atoms with Gasteiger partial charge in [-0.15, -0.1) is 11.3 Å². The first kappa shape index (κ1) is 13.3. The first-order valence-electron chi connectivity index (χ1n) is 6.91. The molecule has 0 aliphatic carbocycles. The molecule has 0 bridgehead atoms. The van der Waals surface area contributed by atoms with Gasteiger partial charge in [-0.3, -0.25) is 4.98 Å². The maximum atomic E-state index is 4.58. The average molecular weight is 282 g/mol. The van der Waals surface area contributed by atoms with Crippen molar-refractivity contribution in [3.63, 3.8) is 0 Å². The fraction of sp³-hybridized carbons (Fsp3) is 0.235. The molecule has 102 valence electrons. The third-order valence-electron chi connectivity index (χ3n) is 3.37. The number of thiophene rings is 1. The second-order valence-corrected chi connectivity index (χ2v) is 5.98. The van der Waals surface area contributed by atoms with Crippen molar-refractivity contribution in [2.24, 2.45) is 0 Å². The van der Waals surface area contributed by atoms with Gasteiger partial charge in [0.25, 0.3) is 0 Å². The summed E-state index contributed by atoms with van der Waals surface area (Å²) in [5.74, 6) is 0. The van der Waals surface area contributed by atoms with Gasteiger partial charge in [-0.1, -0.05) is 24.3 Å². The molecule has 0 aliphatic heterocycles. The fourth-order valence-electron chi connectivity index (χ4n) is 2.43. The third-order valence-corrected chi connectivity index (χ3v) is 4.31. The molecule has 0 aliphatic rings. The molecule has 0 radical (unpaired) electrons. The van der Waals surface area contributed by atoms with Crippen LogP contribution in [0.25, 0.3) is 10.9 Å². The zero-order valence-corrected chi connectivity index (χ0v) is 12.4. The topological polar surface area (TPSA) is 24.9 Å². The number of nitrogens with one attached hydrogen (secondary N) is 1. The van der Waals surface area contributed by atoms with Gasteiger partial charge in [0.05, 0.1) is 5.52 Å². The molecule has 0 amide bonds. The summed E-state index contributed by atoms with van der Waals surface area (Å²) in [6, 6.07) is 14.8. The van der Waals surface area contributed by atoms with E-state index in [9.17, 15) is 0 Å². The lowest BCUT2D eigenvalue weighted by Gasteiger charge is -2.09. The highest BCUT2D eigenvalue weighted by atomic mass is 32.1. The highest BCUT2D eigenvalue weighted by molar-refractivity contribution is 7.09. The lowest BCUT2D eigenvalue weighted by molar-refractivity contribution is 0.693. The maximum absolute atomic E-state index is 4.58. The molecule has 2 heterocycles. The van der Waals surface area contributed by atoms with Gasteiger partial charge < -0.3 is 5.32 Å². The van der Waals surface area contributed by atoms with Crippen LogP contribution in [0.3, 0.4) is 0 Å².